The minimum absolute atomic E-state index is 0.273. The number of nitrogens with zero attached hydrogens (tertiary/aromatic N) is 1. The lowest BCUT2D eigenvalue weighted by Gasteiger charge is -2.30. The van der Waals surface area contributed by atoms with Crippen LogP contribution < -0.4 is 5.32 Å². The fourth-order valence-corrected chi connectivity index (χ4v) is 4.37. The van der Waals surface area contributed by atoms with Gasteiger partial charge in [-0.1, -0.05) is 6.42 Å². The maximum absolute atomic E-state index is 12.1. The number of rotatable bonds is 7. The van der Waals surface area contributed by atoms with Gasteiger partial charge in [-0.05, 0) is 64.7 Å². The molecule has 0 aromatic rings. The second kappa shape index (κ2) is 6.93. The zero-order chi connectivity index (χ0) is 14.7. The van der Waals surface area contributed by atoms with Crippen molar-refractivity contribution in [2.75, 3.05) is 13.1 Å². The van der Waals surface area contributed by atoms with Gasteiger partial charge < -0.3 is 5.32 Å². The van der Waals surface area contributed by atoms with E-state index >= 15 is 0 Å². The Labute approximate surface area is 124 Å². The van der Waals surface area contributed by atoms with Crippen LogP contribution in [0.2, 0.25) is 0 Å². The third-order valence-electron chi connectivity index (χ3n) is 5.35. The van der Waals surface area contributed by atoms with Crippen LogP contribution in [0.5, 0.6) is 0 Å². The van der Waals surface area contributed by atoms with E-state index in [1.807, 2.05) is 0 Å². The lowest BCUT2D eigenvalue weighted by molar-refractivity contribution is -0.122. The Morgan fingerprint density at radius 1 is 1.15 bits per heavy atom. The van der Waals surface area contributed by atoms with Gasteiger partial charge in [0.15, 0.2) is 0 Å². The molecule has 2 fully saturated rings. The van der Waals surface area contributed by atoms with Gasteiger partial charge in [-0.25, -0.2) is 0 Å². The van der Waals surface area contributed by atoms with Crippen LogP contribution in [0.4, 0.5) is 0 Å². The molecule has 3 heteroatoms. The Kier molecular flexibility index (Phi) is 5.48. The first-order valence-corrected chi connectivity index (χ1v) is 8.49. The third kappa shape index (κ3) is 3.97. The Morgan fingerprint density at radius 2 is 1.85 bits per heavy atom. The van der Waals surface area contributed by atoms with Crippen molar-refractivity contribution in [2.45, 2.75) is 71.9 Å². The highest BCUT2D eigenvalue weighted by Crippen LogP contribution is 2.49. The van der Waals surface area contributed by atoms with E-state index in [0.717, 1.165) is 31.3 Å². The summed E-state index contributed by atoms with van der Waals surface area (Å²) in [6, 6.07) is 1.08. The van der Waals surface area contributed by atoms with Crippen molar-refractivity contribution in [1.82, 2.24) is 10.2 Å². The molecular formula is C17H32N2O. The molecule has 3 nitrogen and oxygen atoms in total. The highest BCUT2D eigenvalue weighted by atomic mass is 16.1. The van der Waals surface area contributed by atoms with Crippen LogP contribution in [0.15, 0.2) is 0 Å². The fourth-order valence-electron chi connectivity index (χ4n) is 4.37. The van der Waals surface area contributed by atoms with E-state index in [4.69, 9.17) is 0 Å². The minimum Gasteiger partial charge on any atom is -0.355 e. The summed E-state index contributed by atoms with van der Waals surface area (Å²) in [6.45, 7) is 10.6. The summed E-state index contributed by atoms with van der Waals surface area (Å²) < 4.78 is 0. The highest BCUT2D eigenvalue weighted by molar-refractivity contribution is 5.76. The minimum atomic E-state index is 0.273. The molecule has 0 aromatic carbocycles. The first kappa shape index (κ1) is 15.8. The topological polar surface area (TPSA) is 32.3 Å². The average Bonchev–Trinajstić information content (AvgIpc) is 2.95. The molecule has 0 radical (unpaired) electrons. The van der Waals surface area contributed by atoms with E-state index in [0.29, 0.717) is 18.0 Å². The van der Waals surface area contributed by atoms with Crippen LogP contribution in [0.25, 0.3) is 0 Å². The van der Waals surface area contributed by atoms with E-state index in [-0.39, 0.29) is 5.91 Å². The van der Waals surface area contributed by atoms with E-state index in [1.54, 1.807) is 0 Å². The Bertz CT molecular complexity index is 319. The van der Waals surface area contributed by atoms with E-state index in [1.165, 1.54) is 25.7 Å². The van der Waals surface area contributed by atoms with Gasteiger partial charge in [0, 0.05) is 31.6 Å². The molecular weight excluding hydrogens is 248 g/mol. The van der Waals surface area contributed by atoms with Crippen molar-refractivity contribution >= 4 is 5.91 Å². The van der Waals surface area contributed by atoms with Crippen LogP contribution in [0.3, 0.4) is 0 Å². The number of carbonyl (C=O) groups is 1. The zero-order valence-corrected chi connectivity index (χ0v) is 13.7. The van der Waals surface area contributed by atoms with Crippen LogP contribution in [0, 0.1) is 17.8 Å². The molecule has 0 heterocycles. The second-order valence-electron chi connectivity index (χ2n) is 7.41. The van der Waals surface area contributed by atoms with E-state index in [2.05, 4.69) is 37.9 Å². The Hall–Kier alpha value is -0.570. The van der Waals surface area contributed by atoms with E-state index in [9.17, 15) is 4.79 Å². The predicted molar refractivity (Wildman–Crippen MR) is 83.5 cm³/mol. The number of fused-ring (bicyclic) bond motifs is 2. The van der Waals surface area contributed by atoms with E-state index < -0.39 is 0 Å². The lowest BCUT2D eigenvalue weighted by Crippen LogP contribution is -2.42. The van der Waals surface area contributed by atoms with Gasteiger partial charge >= 0.3 is 0 Å². The molecule has 0 unspecified atom stereocenters. The summed E-state index contributed by atoms with van der Waals surface area (Å²) in [6.07, 6.45) is 6.26. The fraction of sp³-hybridized carbons (Fsp3) is 0.941. The van der Waals surface area contributed by atoms with Crippen LogP contribution in [-0.4, -0.2) is 36.0 Å². The second-order valence-corrected chi connectivity index (χ2v) is 7.41. The monoisotopic (exact) mass is 280 g/mol. The summed E-state index contributed by atoms with van der Waals surface area (Å²) in [7, 11) is 0. The van der Waals surface area contributed by atoms with Crippen molar-refractivity contribution in [3.8, 4) is 0 Å². The molecule has 0 aliphatic heterocycles. The number of hydrogen-bond acceptors (Lipinski definition) is 2. The zero-order valence-electron chi connectivity index (χ0n) is 13.7. The van der Waals surface area contributed by atoms with Gasteiger partial charge in [0.25, 0.3) is 0 Å². The summed E-state index contributed by atoms with van der Waals surface area (Å²) >= 11 is 0. The quantitative estimate of drug-likeness (QED) is 0.777. The van der Waals surface area contributed by atoms with Crippen LogP contribution in [-0.2, 0) is 4.79 Å². The molecule has 1 N–H and O–H groups in total. The Morgan fingerprint density at radius 3 is 2.35 bits per heavy atom. The molecule has 2 bridgehead atoms. The van der Waals surface area contributed by atoms with Gasteiger partial charge in [-0.2, -0.15) is 0 Å². The molecule has 0 saturated heterocycles. The summed E-state index contributed by atoms with van der Waals surface area (Å²) in [5, 5.41) is 3.13. The molecule has 2 aliphatic rings. The van der Waals surface area contributed by atoms with Gasteiger partial charge in [0.2, 0.25) is 5.91 Å². The maximum Gasteiger partial charge on any atom is 0.220 e. The lowest BCUT2D eigenvalue weighted by atomic mass is 9.86. The standard InChI is InChI=1S/C17H32N2O/c1-12(2)19(13(3)4)8-7-18-17(20)11-16-10-14-5-6-15(16)9-14/h12-16H,5-11H2,1-4H3,(H,18,20)/t14-,15-,16-/m0/s1. The normalized spacial score (nSPS) is 28.9. The smallest absolute Gasteiger partial charge is 0.220 e. The number of amides is 1. The number of hydrogen-bond donors (Lipinski definition) is 1. The number of nitrogens with one attached hydrogen (secondary N) is 1. The molecule has 2 aliphatic carbocycles. The molecule has 1 amide bonds. The van der Waals surface area contributed by atoms with Crippen molar-refractivity contribution in [2.24, 2.45) is 17.8 Å². The summed E-state index contributed by atoms with van der Waals surface area (Å²) in [5.41, 5.74) is 0. The van der Waals surface area contributed by atoms with Crippen molar-refractivity contribution in [3.63, 3.8) is 0 Å². The SMILES string of the molecule is CC(C)N(CCNC(=O)C[C@@H]1C[C@H]2CC[C@H]1C2)C(C)C. The maximum atomic E-state index is 12.1. The molecule has 2 saturated carbocycles. The molecule has 0 spiro atoms. The Balaban J connectivity index is 1.65. The molecule has 2 rings (SSSR count). The average molecular weight is 280 g/mol. The van der Waals surface area contributed by atoms with Crippen LogP contribution >= 0.6 is 0 Å². The van der Waals surface area contributed by atoms with Crippen LogP contribution in [0.1, 0.15) is 59.8 Å². The molecule has 116 valence electrons. The number of carbonyl (C=O) groups excluding carboxylic acids is 1. The van der Waals surface area contributed by atoms with Gasteiger partial charge in [0.05, 0.1) is 0 Å². The summed E-state index contributed by atoms with van der Waals surface area (Å²) in [5.74, 6) is 2.75. The first-order valence-electron chi connectivity index (χ1n) is 8.49. The predicted octanol–water partition coefficient (Wildman–Crippen LogP) is 3.05. The van der Waals surface area contributed by atoms with Gasteiger partial charge in [-0.15, -0.1) is 0 Å². The third-order valence-corrected chi connectivity index (χ3v) is 5.35. The van der Waals surface area contributed by atoms with Crippen molar-refractivity contribution in [3.05, 3.63) is 0 Å². The van der Waals surface area contributed by atoms with Gasteiger partial charge in [0.1, 0.15) is 0 Å². The summed E-state index contributed by atoms with van der Waals surface area (Å²) in [4.78, 5) is 14.5. The molecule has 3 atom stereocenters. The largest absolute Gasteiger partial charge is 0.355 e. The highest BCUT2D eigenvalue weighted by Gasteiger charge is 2.39. The van der Waals surface area contributed by atoms with Crippen molar-refractivity contribution in [1.29, 1.82) is 0 Å². The van der Waals surface area contributed by atoms with Crippen molar-refractivity contribution < 1.29 is 4.79 Å². The molecule has 0 aromatic heterocycles. The van der Waals surface area contributed by atoms with Gasteiger partial charge in [-0.3, -0.25) is 9.69 Å². The first-order chi connectivity index (χ1) is 9.47. The molecule has 20 heavy (non-hydrogen) atoms.